The first-order chi connectivity index (χ1) is 13.2. The lowest BCUT2D eigenvalue weighted by atomic mass is 10.0. The summed E-state index contributed by atoms with van der Waals surface area (Å²) in [6.45, 7) is 4.29. The Morgan fingerprint density at radius 3 is 1.81 bits per heavy atom. The Kier molecular flexibility index (Phi) is 4.76. The van der Waals surface area contributed by atoms with Gasteiger partial charge in [-0.3, -0.25) is 0 Å². The zero-order valence-electron chi connectivity index (χ0n) is 15.7. The van der Waals surface area contributed by atoms with E-state index in [1.54, 1.807) is 0 Å². The first-order valence-corrected chi connectivity index (χ1v) is 9.30. The summed E-state index contributed by atoms with van der Waals surface area (Å²) in [5, 5.41) is 1.24. The number of benzene rings is 3. The van der Waals surface area contributed by atoms with Crippen LogP contribution in [0.2, 0.25) is 0 Å². The van der Waals surface area contributed by atoms with Crippen molar-refractivity contribution in [2.75, 3.05) is 0 Å². The van der Waals surface area contributed by atoms with E-state index in [9.17, 15) is 0 Å². The third kappa shape index (κ3) is 3.63. The van der Waals surface area contributed by atoms with Gasteiger partial charge in [-0.15, -0.1) is 0 Å². The molecule has 1 aromatic heterocycles. The normalized spacial score (nSPS) is 11.8. The quantitative estimate of drug-likeness (QED) is 0.403. The summed E-state index contributed by atoms with van der Waals surface area (Å²) in [5.74, 6) is 0. The third-order valence-electron chi connectivity index (χ3n) is 5.01. The Labute approximate surface area is 160 Å². The first kappa shape index (κ1) is 17.1. The van der Waals surface area contributed by atoms with Gasteiger partial charge in [0.1, 0.15) is 0 Å². The minimum Gasteiger partial charge on any atom is -0.355 e. The summed E-state index contributed by atoms with van der Waals surface area (Å²) < 4.78 is 0. The van der Waals surface area contributed by atoms with E-state index in [0.29, 0.717) is 0 Å². The van der Waals surface area contributed by atoms with E-state index in [1.807, 2.05) is 0 Å². The number of aromatic amines is 1. The molecule has 4 rings (SSSR count). The molecule has 27 heavy (non-hydrogen) atoms. The molecule has 0 aliphatic rings. The maximum Gasteiger partial charge on any atom is 0.0465 e. The second kappa shape index (κ2) is 7.51. The van der Waals surface area contributed by atoms with Crippen LogP contribution in [-0.2, 0) is 0 Å². The van der Waals surface area contributed by atoms with Crippen molar-refractivity contribution >= 4 is 35.2 Å². The monoisotopic (exact) mass is 349 g/mol. The molecule has 0 saturated carbocycles. The Balaban J connectivity index is 1.78. The molecule has 1 heteroatoms. The van der Waals surface area contributed by atoms with E-state index in [2.05, 4.69) is 116 Å². The van der Waals surface area contributed by atoms with E-state index in [1.165, 1.54) is 33.2 Å². The van der Waals surface area contributed by atoms with Crippen LogP contribution in [0.5, 0.6) is 0 Å². The maximum absolute atomic E-state index is 3.57. The fraction of sp³-hybridized carbons (Fsp3) is 0.0769. The molecule has 1 N–H and O–H groups in total. The van der Waals surface area contributed by atoms with Gasteiger partial charge in [0.2, 0.25) is 0 Å². The topological polar surface area (TPSA) is 15.8 Å². The van der Waals surface area contributed by atoms with Crippen molar-refractivity contribution in [2.45, 2.75) is 13.8 Å². The molecule has 0 amide bonds. The molecule has 0 fully saturated rings. The van der Waals surface area contributed by atoms with Crippen LogP contribution in [0.4, 0.5) is 0 Å². The number of aryl methyl sites for hydroxylation is 2. The first-order valence-electron chi connectivity index (χ1n) is 9.30. The molecule has 0 bridgehead atoms. The molecule has 0 aliphatic carbocycles. The van der Waals surface area contributed by atoms with E-state index < -0.39 is 0 Å². The van der Waals surface area contributed by atoms with Crippen LogP contribution in [0.1, 0.15) is 33.5 Å². The molecule has 0 radical (unpaired) electrons. The zero-order chi connectivity index (χ0) is 18.6. The van der Waals surface area contributed by atoms with Crippen LogP contribution in [0.15, 0.2) is 72.8 Å². The van der Waals surface area contributed by atoms with Crippen LogP contribution in [-0.4, -0.2) is 4.98 Å². The van der Waals surface area contributed by atoms with Crippen molar-refractivity contribution in [3.05, 3.63) is 106 Å². The lowest BCUT2D eigenvalue weighted by molar-refractivity contribution is 1.42. The second-order valence-electron chi connectivity index (χ2n) is 6.88. The molecule has 0 aliphatic heterocycles. The summed E-state index contributed by atoms with van der Waals surface area (Å²) in [6, 6.07) is 25.4. The zero-order valence-corrected chi connectivity index (χ0v) is 15.7. The Morgan fingerprint density at radius 2 is 1.15 bits per heavy atom. The van der Waals surface area contributed by atoms with Crippen molar-refractivity contribution in [1.82, 2.24) is 4.98 Å². The number of nitrogens with one attached hydrogen (secondary N) is 1. The Hall–Kier alpha value is -3.32. The molecule has 4 aromatic rings. The van der Waals surface area contributed by atoms with E-state index in [-0.39, 0.29) is 0 Å². The highest BCUT2D eigenvalue weighted by Gasteiger charge is 2.07. The van der Waals surface area contributed by atoms with Crippen LogP contribution in [0.25, 0.3) is 35.2 Å². The fourth-order valence-electron chi connectivity index (χ4n) is 3.39. The molecule has 0 saturated heterocycles. The predicted octanol–water partition coefficient (Wildman–Crippen LogP) is 7.13. The van der Waals surface area contributed by atoms with Crippen molar-refractivity contribution in [3.8, 4) is 0 Å². The molecule has 1 heterocycles. The third-order valence-corrected chi connectivity index (χ3v) is 5.01. The van der Waals surface area contributed by atoms with Crippen LogP contribution in [0.3, 0.4) is 0 Å². The van der Waals surface area contributed by atoms with Crippen LogP contribution in [0, 0.1) is 13.8 Å². The van der Waals surface area contributed by atoms with Crippen molar-refractivity contribution in [1.29, 1.82) is 0 Å². The van der Waals surface area contributed by atoms with E-state index in [0.717, 1.165) is 11.2 Å². The lowest BCUT2D eigenvalue weighted by Gasteiger charge is -2.00. The van der Waals surface area contributed by atoms with Crippen LogP contribution < -0.4 is 0 Å². The molecule has 1 nitrogen and oxygen atoms in total. The van der Waals surface area contributed by atoms with Gasteiger partial charge in [0, 0.05) is 22.2 Å². The van der Waals surface area contributed by atoms with Gasteiger partial charge in [0.25, 0.3) is 0 Å². The second-order valence-corrected chi connectivity index (χ2v) is 6.88. The number of H-pyrrole nitrogens is 1. The van der Waals surface area contributed by atoms with Crippen LogP contribution >= 0.6 is 0 Å². The van der Waals surface area contributed by atoms with Gasteiger partial charge in [-0.25, -0.2) is 0 Å². The largest absolute Gasteiger partial charge is 0.355 e. The van der Waals surface area contributed by atoms with Gasteiger partial charge in [-0.05, 0) is 48.2 Å². The summed E-state index contributed by atoms with van der Waals surface area (Å²) in [7, 11) is 0. The molecule has 3 aromatic carbocycles. The molecular formula is C26H23N. The highest BCUT2D eigenvalue weighted by atomic mass is 14.7. The average Bonchev–Trinajstić information content (AvgIpc) is 3.04. The number of aromatic nitrogens is 1. The fourth-order valence-corrected chi connectivity index (χ4v) is 3.39. The van der Waals surface area contributed by atoms with Gasteiger partial charge in [-0.1, -0.05) is 85.0 Å². The molecule has 0 spiro atoms. The standard InChI is InChI=1S/C26H23N/c1-19-9-3-5-11-21(19)15-17-24-23-13-7-8-14-25(23)27-26(24)18-16-22-12-6-4-10-20(22)2/h3-18,27H,1-2H3/b17-15+,18-16+. The maximum atomic E-state index is 3.57. The number of rotatable bonds is 4. The molecular weight excluding hydrogens is 326 g/mol. The summed E-state index contributed by atoms with van der Waals surface area (Å²) in [6.07, 6.45) is 8.79. The van der Waals surface area contributed by atoms with Gasteiger partial charge in [0.15, 0.2) is 0 Å². The van der Waals surface area contributed by atoms with Gasteiger partial charge in [-0.2, -0.15) is 0 Å². The minimum atomic E-state index is 1.13. The average molecular weight is 349 g/mol. The Morgan fingerprint density at radius 1 is 0.593 bits per heavy atom. The summed E-state index contributed by atoms with van der Waals surface area (Å²) in [4.78, 5) is 3.57. The van der Waals surface area contributed by atoms with Crippen molar-refractivity contribution < 1.29 is 0 Å². The van der Waals surface area contributed by atoms with Gasteiger partial charge >= 0.3 is 0 Å². The summed E-state index contributed by atoms with van der Waals surface area (Å²) >= 11 is 0. The molecule has 0 atom stereocenters. The SMILES string of the molecule is Cc1ccccc1/C=C/c1[nH]c2ccccc2c1/C=C/c1ccccc1C. The molecule has 132 valence electrons. The number of fused-ring (bicyclic) bond motifs is 1. The number of hydrogen-bond acceptors (Lipinski definition) is 0. The lowest BCUT2D eigenvalue weighted by Crippen LogP contribution is -1.81. The molecule has 0 unspecified atom stereocenters. The highest BCUT2D eigenvalue weighted by Crippen LogP contribution is 2.27. The number of para-hydroxylation sites is 1. The summed E-state index contributed by atoms with van der Waals surface area (Å²) in [5.41, 5.74) is 8.56. The highest BCUT2D eigenvalue weighted by molar-refractivity contribution is 5.96. The van der Waals surface area contributed by atoms with Crippen molar-refractivity contribution in [3.63, 3.8) is 0 Å². The Bertz CT molecular complexity index is 1140. The van der Waals surface area contributed by atoms with Gasteiger partial charge in [0.05, 0.1) is 0 Å². The smallest absolute Gasteiger partial charge is 0.0465 e. The van der Waals surface area contributed by atoms with Gasteiger partial charge < -0.3 is 4.98 Å². The minimum absolute atomic E-state index is 1.13. The van der Waals surface area contributed by atoms with E-state index >= 15 is 0 Å². The predicted molar refractivity (Wildman–Crippen MR) is 119 cm³/mol. The number of hydrogen-bond donors (Lipinski definition) is 1. The van der Waals surface area contributed by atoms with Crippen molar-refractivity contribution in [2.24, 2.45) is 0 Å². The van der Waals surface area contributed by atoms with E-state index in [4.69, 9.17) is 0 Å².